The Kier molecular flexibility index (Phi) is 9.81. The monoisotopic (exact) mass is 504 g/mol. The molecule has 0 spiro atoms. The number of hydrogen-bond donors (Lipinski definition) is 1. The van der Waals surface area contributed by atoms with Crippen LogP contribution in [0.4, 0.5) is 13.2 Å². The summed E-state index contributed by atoms with van der Waals surface area (Å²) in [6, 6.07) is 0. The van der Waals surface area contributed by atoms with Crippen molar-refractivity contribution in [1.29, 1.82) is 0 Å². The predicted octanol–water partition coefficient (Wildman–Crippen LogP) is 1.87. The minimum Gasteiger partial charge on any atom is -0.370 e. The summed E-state index contributed by atoms with van der Waals surface area (Å²) < 4.78 is 44.5. The number of alkyl halides is 3. The van der Waals surface area contributed by atoms with E-state index in [0.717, 1.165) is 11.5 Å². The fraction of sp³-hybridized carbons (Fsp3) is 0.750. The lowest BCUT2D eigenvalue weighted by Crippen LogP contribution is -2.48. The molecule has 1 atom stereocenters. The predicted molar refractivity (Wildman–Crippen MR) is 108 cm³/mol. The van der Waals surface area contributed by atoms with Gasteiger partial charge in [0, 0.05) is 38.9 Å². The average Bonchev–Trinajstić information content (AvgIpc) is 3.00. The van der Waals surface area contributed by atoms with Gasteiger partial charge in [-0.2, -0.15) is 18.3 Å². The van der Waals surface area contributed by atoms with Gasteiger partial charge in [-0.3, -0.25) is 14.6 Å². The van der Waals surface area contributed by atoms with E-state index in [0.29, 0.717) is 39.2 Å². The lowest BCUT2D eigenvalue weighted by molar-refractivity contribution is -0.143. The summed E-state index contributed by atoms with van der Waals surface area (Å²) in [6.07, 6.45) is 0.0886. The Morgan fingerprint density at radius 3 is 2.81 bits per heavy atom. The van der Waals surface area contributed by atoms with Crippen LogP contribution in [0, 0.1) is 0 Å². The van der Waals surface area contributed by atoms with Crippen molar-refractivity contribution in [2.24, 2.45) is 12.0 Å². The fourth-order valence-electron chi connectivity index (χ4n) is 2.92. The van der Waals surface area contributed by atoms with E-state index in [-0.39, 0.29) is 30.1 Å². The fourth-order valence-corrected chi connectivity index (χ4v) is 2.92. The Morgan fingerprint density at radius 1 is 1.48 bits per heavy atom. The van der Waals surface area contributed by atoms with E-state index in [4.69, 9.17) is 4.74 Å². The van der Waals surface area contributed by atoms with Crippen LogP contribution >= 0.6 is 24.0 Å². The van der Waals surface area contributed by atoms with Crippen molar-refractivity contribution < 1.29 is 17.9 Å². The largest absolute Gasteiger partial charge is 0.401 e. The minimum absolute atomic E-state index is 0. The molecular weight excluding hydrogens is 476 g/mol. The number of ether oxygens (including phenoxy) is 1. The van der Waals surface area contributed by atoms with Gasteiger partial charge in [0.25, 0.3) is 0 Å². The molecular formula is C16H28F3IN6O. The molecule has 1 saturated heterocycles. The molecule has 2 heterocycles. The SMILES string of the molecule is CN=C(NCCCN(C)CC(F)(F)F)N1CCOC(c2cnn(C)c2)C1.I. The highest BCUT2D eigenvalue weighted by molar-refractivity contribution is 14.0. The van der Waals surface area contributed by atoms with Crippen molar-refractivity contribution in [1.82, 2.24) is 24.9 Å². The molecule has 7 nitrogen and oxygen atoms in total. The standard InChI is InChI=1S/C16H27F3N6O.HI/c1-20-15(21-5-4-6-23(2)12-16(17,18)19)25-7-8-26-14(11-25)13-9-22-24(3)10-13;/h9-10,14H,4-8,11-12H2,1-3H3,(H,20,21);1H. The third-order valence-electron chi connectivity index (χ3n) is 4.12. The summed E-state index contributed by atoms with van der Waals surface area (Å²) >= 11 is 0. The number of guanidine groups is 1. The molecule has 1 fully saturated rings. The summed E-state index contributed by atoms with van der Waals surface area (Å²) in [5.41, 5.74) is 1.02. The zero-order valence-corrected chi connectivity index (χ0v) is 18.2. The molecule has 0 aromatic carbocycles. The van der Waals surface area contributed by atoms with Gasteiger partial charge < -0.3 is 15.0 Å². The van der Waals surface area contributed by atoms with Crippen molar-refractivity contribution >= 4 is 29.9 Å². The second-order valence-corrected chi connectivity index (χ2v) is 6.43. The lowest BCUT2D eigenvalue weighted by atomic mass is 10.1. The van der Waals surface area contributed by atoms with E-state index in [2.05, 4.69) is 20.3 Å². The molecule has 0 saturated carbocycles. The molecule has 11 heteroatoms. The first kappa shape index (κ1) is 24.0. The zero-order chi connectivity index (χ0) is 19.2. The zero-order valence-electron chi connectivity index (χ0n) is 15.9. The highest BCUT2D eigenvalue weighted by atomic mass is 127. The molecule has 27 heavy (non-hydrogen) atoms. The van der Waals surface area contributed by atoms with Crippen LogP contribution in [0.1, 0.15) is 18.1 Å². The molecule has 1 aliphatic heterocycles. The Balaban J connectivity index is 0.00000364. The quantitative estimate of drug-likeness (QED) is 0.278. The van der Waals surface area contributed by atoms with Crippen molar-refractivity contribution in [2.45, 2.75) is 18.7 Å². The summed E-state index contributed by atoms with van der Waals surface area (Å²) in [7, 11) is 5.04. The van der Waals surface area contributed by atoms with Gasteiger partial charge in [-0.1, -0.05) is 0 Å². The van der Waals surface area contributed by atoms with E-state index in [1.54, 1.807) is 17.9 Å². The maximum Gasteiger partial charge on any atom is 0.401 e. The number of hydrogen-bond acceptors (Lipinski definition) is 4. The van der Waals surface area contributed by atoms with Crippen molar-refractivity contribution in [3.05, 3.63) is 18.0 Å². The number of nitrogens with one attached hydrogen (secondary N) is 1. The number of morpholine rings is 1. The third kappa shape index (κ3) is 8.21. The second-order valence-electron chi connectivity index (χ2n) is 6.43. The van der Waals surface area contributed by atoms with Crippen LogP contribution in [0.5, 0.6) is 0 Å². The number of nitrogens with zero attached hydrogens (tertiary/aromatic N) is 5. The van der Waals surface area contributed by atoms with Gasteiger partial charge >= 0.3 is 6.18 Å². The Labute approximate surface area is 174 Å². The van der Waals surface area contributed by atoms with Gasteiger partial charge in [-0.15, -0.1) is 24.0 Å². The first-order chi connectivity index (χ1) is 12.3. The Hall–Kier alpha value is -1.08. The highest BCUT2D eigenvalue weighted by Crippen LogP contribution is 2.21. The minimum atomic E-state index is -4.16. The molecule has 0 bridgehead atoms. The van der Waals surface area contributed by atoms with Gasteiger partial charge in [0.15, 0.2) is 5.96 Å². The maximum atomic E-state index is 12.3. The molecule has 0 radical (unpaired) electrons. The maximum absolute atomic E-state index is 12.3. The molecule has 1 aromatic heterocycles. The number of halogens is 4. The Morgan fingerprint density at radius 2 is 2.22 bits per heavy atom. The van der Waals surface area contributed by atoms with E-state index >= 15 is 0 Å². The van der Waals surface area contributed by atoms with Crippen LogP contribution in [0.25, 0.3) is 0 Å². The molecule has 2 rings (SSSR count). The van der Waals surface area contributed by atoms with Gasteiger partial charge in [-0.25, -0.2) is 0 Å². The normalized spacial score (nSPS) is 18.6. The van der Waals surface area contributed by atoms with E-state index in [9.17, 15) is 13.2 Å². The molecule has 1 aliphatic rings. The summed E-state index contributed by atoms with van der Waals surface area (Å²) in [6.45, 7) is 1.98. The molecule has 156 valence electrons. The number of aryl methyl sites for hydroxylation is 1. The van der Waals surface area contributed by atoms with Crippen LogP contribution in [-0.2, 0) is 11.8 Å². The summed E-state index contributed by atoms with van der Waals surface area (Å²) in [5, 5.41) is 7.40. The van der Waals surface area contributed by atoms with Crippen LogP contribution in [0.3, 0.4) is 0 Å². The van der Waals surface area contributed by atoms with Crippen LogP contribution in [-0.4, -0.2) is 85.1 Å². The molecule has 0 aliphatic carbocycles. The smallest absolute Gasteiger partial charge is 0.370 e. The van der Waals surface area contributed by atoms with Crippen molar-refractivity contribution in [3.63, 3.8) is 0 Å². The highest BCUT2D eigenvalue weighted by Gasteiger charge is 2.29. The van der Waals surface area contributed by atoms with Crippen LogP contribution < -0.4 is 5.32 Å². The van der Waals surface area contributed by atoms with Gasteiger partial charge in [-0.05, 0) is 20.0 Å². The number of aliphatic imine (C=N–C) groups is 1. The summed E-state index contributed by atoms with van der Waals surface area (Å²) in [5.74, 6) is 0.737. The van der Waals surface area contributed by atoms with Crippen molar-refractivity contribution in [3.8, 4) is 0 Å². The van der Waals surface area contributed by atoms with Gasteiger partial charge in [0.1, 0.15) is 6.10 Å². The lowest BCUT2D eigenvalue weighted by Gasteiger charge is -2.34. The van der Waals surface area contributed by atoms with E-state index in [1.165, 1.54) is 11.9 Å². The van der Waals surface area contributed by atoms with E-state index in [1.807, 2.05) is 13.2 Å². The second kappa shape index (κ2) is 11.1. The number of rotatable bonds is 6. The van der Waals surface area contributed by atoms with Gasteiger partial charge in [0.2, 0.25) is 0 Å². The van der Waals surface area contributed by atoms with E-state index < -0.39 is 12.7 Å². The first-order valence-electron chi connectivity index (χ1n) is 8.59. The number of aromatic nitrogens is 2. The molecule has 1 unspecified atom stereocenters. The topological polar surface area (TPSA) is 57.9 Å². The molecule has 1 aromatic rings. The molecule has 0 amide bonds. The summed E-state index contributed by atoms with van der Waals surface area (Å²) in [4.78, 5) is 7.66. The van der Waals surface area contributed by atoms with Gasteiger partial charge in [0.05, 0.1) is 25.9 Å². The van der Waals surface area contributed by atoms with Crippen molar-refractivity contribution in [2.75, 3.05) is 53.4 Å². The van der Waals surface area contributed by atoms with Crippen LogP contribution in [0.2, 0.25) is 0 Å². The average molecular weight is 504 g/mol. The molecule has 1 N–H and O–H groups in total. The van der Waals surface area contributed by atoms with Crippen LogP contribution in [0.15, 0.2) is 17.4 Å². The third-order valence-corrected chi connectivity index (χ3v) is 4.12. The Bertz CT molecular complexity index is 595. The first-order valence-corrected chi connectivity index (χ1v) is 8.59.